The van der Waals surface area contributed by atoms with Gasteiger partial charge in [0.1, 0.15) is 4.88 Å². The fraction of sp³-hybridized carbons (Fsp3) is 0.368. The number of thiophene rings is 1. The van der Waals surface area contributed by atoms with Crippen molar-refractivity contribution in [3.8, 4) is 0 Å². The van der Waals surface area contributed by atoms with Gasteiger partial charge in [0, 0.05) is 20.6 Å². The van der Waals surface area contributed by atoms with Gasteiger partial charge < -0.3 is 10.1 Å². The number of rotatable bonds is 5. The Hall–Kier alpha value is -1.56. The van der Waals surface area contributed by atoms with Crippen LogP contribution in [0.15, 0.2) is 24.3 Å². The van der Waals surface area contributed by atoms with E-state index in [2.05, 4.69) is 12.2 Å². The third-order valence-corrected chi connectivity index (χ3v) is 6.10. The summed E-state index contributed by atoms with van der Waals surface area (Å²) < 4.78 is 5.15. The molecule has 1 aromatic heterocycles. The highest BCUT2D eigenvalue weighted by atomic mass is 35.5. The number of carbonyl (C=O) groups is 2. The van der Waals surface area contributed by atoms with Crippen LogP contribution in [-0.2, 0) is 22.4 Å². The van der Waals surface area contributed by atoms with Gasteiger partial charge in [-0.3, -0.25) is 4.79 Å². The first kappa shape index (κ1) is 19.2. The van der Waals surface area contributed by atoms with Gasteiger partial charge in [0.05, 0.1) is 0 Å². The lowest BCUT2D eigenvalue weighted by atomic mass is 9.87. The van der Waals surface area contributed by atoms with Crippen molar-refractivity contribution in [2.75, 3.05) is 11.9 Å². The molecule has 0 bridgehead atoms. The van der Waals surface area contributed by atoms with Crippen molar-refractivity contribution in [2.24, 2.45) is 5.92 Å². The minimum Gasteiger partial charge on any atom is -0.451 e. The minimum atomic E-state index is -0.461. The normalized spacial score (nSPS) is 16.0. The molecule has 0 aliphatic heterocycles. The summed E-state index contributed by atoms with van der Waals surface area (Å²) in [6.07, 6.45) is 4.36. The second-order valence-electron chi connectivity index (χ2n) is 6.36. The van der Waals surface area contributed by atoms with Gasteiger partial charge in [-0.05, 0) is 55.0 Å². The predicted molar refractivity (Wildman–Crippen MR) is 105 cm³/mol. The highest BCUT2D eigenvalue weighted by molar-refractivity contribution is 7.14. The van der Waals surface area contributed by atoms with Crippen molar-refractivity contribution in [1.82, 2.24) is 0 Å². The van der Waals surface area contributed by atoms with Gasteiger partial charge in [-0.2, -0.15) is 0 Å². The smallest absolute Gasteiger partial charge is 0.348 e. The van der Waals surface area contributed by atoms with Crippen molar-refractivity contribution in [3.63, 3.8) is 0 Å². The first-order valence-electron chi connectivity index (χ1n) is 8.49. The largest absolute Gasteiger partial charge is 0.451 e. The maximum atomic E-state index is 12.2. The number of anilines is 1. The number of carbonyl (C=O) groups excluding carboxylic acids is 2. The zero-order valence-corrected chi connectivity index (χ0v) is 16.6. The minimum absolute atomic E-state index is 0.358. The Morgan fingerprint density at radius 2 is 1.96 bits per heavy atom. The molecule has 1 amide bonds. The van der Waals surface area contributed by atoms with E-state index in [1.165, 1.54) is 28.2 Å². The van der Waals surface area contributed by atoms with E-state index < -0.39 is 11.9 Å². The molecule has 0 spiro atoms. The van der Waals surface area contributed by atoms with E-state index in [0.29, 0.717) is 26.5 Å². The van der Waals surface area contributed by atoms with Crippen LogP contribution in [0.1, 0.15) is 39.9 Å². The number of aryl methyl sites for hydroxylation is 1. The molecule has 2 aromatic rings. The van der Waals surface area contributed by atoms with Crippen molar-refractivity contribution >= 4 is 52.1 Å². The van der Waals surface area contributed by atoms with Crippen LogP contribution in [0.25, 0.3) is 0 Å². The van der Waals surface area contributed by atoms with E-state index in [-0.39, 0.29) is 6.61 Å². The molecule has 1 heterocycles. The molecule has 4 nitrogen and oxygen atoms in total. The van der Waals surface area contributed by atoms with E-state index in [0.717, 1.165) is 19.3 Å². The lowest BCUT2D eigenvalue weighted by molar-refractivity contribution is -0.119. The van der Waals surface area contributed by atoms with Crippen LogP contribution >= 0.6 is 34.5 Å². The standard InChI is InChI=1S/C19H19Cl2NO3S/c1-2-11-3-4-16-12(5-11)6-17(26-16)19(24)25-10-18(23)22-15-8-13(20)7-14(21)9-15/h6-9,11H,2-5,10H2,1H3,(H,22,23)/t11-/m1/s1. The molecule has 1 aliphatic carbocycles. The van der Waals surface area contributed by atoms with Crippen LogP contribution in [0, 0.1) is 5.92 Å². The molecule has 1 aromatic carbocycles. The summed E-state index contributed by atoms with van der Waals surface area (Å²) >= 11 is 13.3. The summed E-state index contributed by atoms with van der Waals surface area (Å²) in [7, 11) is 0. The lowest BCUT2D eigenvalue weighted by Gasteiger charge is -2.19. The van der Waals surface area contributed by atoms with E-state index in [1.54, 1.807) is 18.2 Å². The summed E-state index contributed by atoms with van der Waals surface area (Å²) in [5, 5.41) is 3.44. The average Bonchev–Trinajstić information content (AvgIpc) is 3.01. The number of halogens is 2. The molecule has 3 rings (SSSR count). The van der Waals surface area contributed by atoms with Crippen LogP contribution in [0.3, 0.4) is 0 Å². The molecular formula is C19H19Cl2NO3S. The van der Waals surface area contributed by atoms with Gasteiger partial charge in [0.15, 0.2) is 6.61 Å². The van der Waals surface area contributed by atoms with Crippen LogP contribution in [-0.4, -0.2) is 18.5 Å². The number of fused-ring (bicyclic) bond motifs is 1. The monoisotopic (exact) mass is 411 g/mol. The number of hydrogen-bond acceptors (Lipinski definition) is 4. The van der Waals surface area contributed by atoms with Gasteiger partial charge >= 0.3 is 5.97 Å². The molecule has 1 atom stereocenters. The first-order valence-corrected chi connectivity index (χ1v) is 10.1. The molecule has 0 unspecified atom stereocenters. The average molecular weight is 412 g/mol. The van der Waals surface area contributed by atoms with E-state index in [4.69, 9.17) is 27.9 Å². The fourth-order valence-corrected chi connectivity index (χ4v) is 4.70. The van der Waals surface area contributed by atoms with Crippen molar-refractivity contribution < 1.29 is 14.3 Å². The number of esters is 1. The Labute approximate surface area is 166 Å². The molecule has 7 heteroatoms. The highest BCUT2D eigenvalue weighted by Crippen LogP contribution is 2.33. The third-order valence-electron chi connectivity index (χ3n) is 4.44. The summed E-state index contributed by atoms with van der Waals surface area (Å²) in [5.74, 6) is -0.211. The van der Waals surface area contributed by atoms with Crippen LogP contribution in [0.2, 0.25) is 10.0 Å². The third kappa shape index (κ3) is 4.78. The number of benzene rings is 1. The molecule has 1 N–H and O–H groups in total. The molecule has 0 saturated heterocycles. The van der Waals surface area contributed by atoms with Crippen molar-refractivity contribution in [2.45, 2.75) is 32.6 Å². The second kappa shape index (κ2) is 8.42. The Morgan fingerprint density at radius 1 is 1.23 bits per heavy atom. The Kier molecular flexibility index (Phi) is 6.22. The maximum absolute atomic E-state index is 12.2. The first-order chi connectivity index (χ1) is 12.4. The second-order valence-corrected chi connectivity index (χ2v) is 8.37. The van der Waals surface area contributed by atoms with Gasteiger partial charge in [-0.1, -0.05) is 36.5 Å². The van der Waals surface area contributed by atoms with Crippen molar-refractivity contribution in [3.05, 3.63) is 49.6 Å². The molecule has 1 aliphatic rings. The number of nitrogens with one attached hydrogen (secondary N) is 1. The van der Waals surface area contributed by atoms with Gasteiger partial charge in [0.25, 0.3) is 5.91 Å². The Bertz CT molecular complexity index is 814. The van der Waals surface area contributed by atoms with E-state index in [9.17, 15) is 9.59 Å². The quantitative estimate of drug-likeness (QED) is 0.673. The molecule has 138 valence electrons. The molecule has 0 fully saturated rings. The predicted octanol–water partition coefficient (Wildman–Crippen LogP) is 5.37. The summed E-state index contributed by atoms with van der Waals surface area (Å²) in [6, 6.07) is 6.63. The lowest BCUT2D eigenvalue weighted by Crippen LogP contribution is -2.20. The molecule has 0 saturated carbocycles. The molecular weight excluding hydrogens is 393 g/mol. The Morgan fingerprint density at radius 3 is 2.65 bits per heavy atom. The summed E-state index contributed by atoms with van der Waals surface area (Å²) in [5.41, 5.74) is 1.71. The van der Waals surface area contributed by atoms with Crippen molar-refractivity contribution in [1.29, 1.82) is 0 Å². The SMILES string of the molecule is CC[C@@H]1CCc2sc(C(=O)OCC(=O)Nc3cc(Cl)cc(Cl)c3)cc2C1. The number of ether oxygens (including phenoxy) is 1. The topological polar surface area (TPSA) is 55.4 Å². The van der Waals surface area contributed by atoms with Gasteiger partial charge in [-0.25, -0.2) is 4.79 Å². The van der Waals surface area contributed by atoms with Crippen LogP contribution in [0.5, 0.6) is 0 Å². The van der Waals surface area contributed by atoms with Gasteiger partial charge in [-0.15, -0.1) is 11.3 Å². The zero-order chi connectivity index (χ0) is 18.7. The van der Waals surface area contributed by atoms with Crippen LogP contribution in [0.4, 0.5) is 5.69 Å². The number of hydrogen-bond donors (Lipinski definition) is 1. The highest BCUT2D eigenvalue weighted by Gasteiger charge is 2.23. The van der Waals surface area contributed by atoms with Gasteiger partial charge in [0.2, 0.25) is 0 Å². The fourth-order valence-electron chi connectivity index (χ4n) is 3.07. The van der Waals surface area contributed by atoms with E-state index in [1.807, 2.05) is 6.07 Å². The zero-order valence-electron chi connectivity index (χ0n) is 14.3. The molecule has 26 heavy (non-hydrogen) atoms. The summed E-state index contributed by atoms with van der Waals surface area (Å²) in [4.78, 5) is 26.0. The number of amides is 1. The summed E-state index contributed by atoms with van der Waals surface area (Å²) in [6.45, 7) is 1.84. The van der Waals surface area contributed by atoms with E-state index >= 15 is 0 Å². The maximum Gasteiger partial charge on any atom is 0.348 e. The van der Waals surface area contributed by atoms with Crippen LogP contribution < -0.4 is 5.32 Å². The Balaban J connectivity index is 1.55. The molecule has 0 radical (unpaired) electrons.